The Bertz CT molecular complexity index is 738. The Kier molecular flexibility index (Phi) is 4.22. The van der Waals surface area contributed by atoms with E-state index in [1.165, 1.54) is 0 Å². The van der Waals surface area contributed by atoms with Crippen molar-refractivity contribution in [2.24, 2.45) is 0 Å². The molecule has 2 aromatic carbocycles. The molecule has 23 heavy (non-hydrogen) atoms. The van der Waals surface area contributed by atoms with Crippen molar-refractivity contribution in [3.05, 3.63) is 64.7 Å². The standard InChI is InChI=1S/C20H23NO2/c1-4-15-17-12-14(10-11-18(17)21(5-2)20(15)23)19(22)16-9-7-6-8-13(16)3/h6-12,15,19,22H,4-5H2,1-3H3. The van der Waals surface area contributed by atoms with Gasteiger partial charge >= 0.3 is 0 Å². The second-order valence-corrected chi connectivity index (χ2v) is 6.12. The van der Waals surface area contributed by atoms with Crippen LogP contribution >= 0.6 is 0 Å². The molecule has 2 aromatic rings. The van der Waals surface area contributed by atoms with Crippen LogP contribution in [0.4, 0.5) is 5.69 Å². The number of rotatable bonds is 4. The molecule has 1 heterocycles. The summed E-state index contributed by atoms with van der Waals surface area (Å²) in [6.07, 6.45) is 0.122. The van der Waals surface area contributed by atoms with E-state index in [0.29, 0.717) is 6.54 Å². The molecule has 2 unspecified atom stereocenters. The Morgan fingerprint density at radius 3 is 2.57 bits per heavy atom. The lowest BCUT2D eigenvalue weighted by molar-refractivity contribution is -0.119. The lowest BCUT2D eigenvalue weighted by Crippen LogP contribution is -2.28. The van der Waals surface area contributed by atoms with Crippen LogP contribution in [0.15, 0.2) is 42.5 Å². The number of benzene rings is 2. The fourth-order valence-electron chi connectivity index (χ4n) is 3.50. The predicted molar refractivity (Wildman–Crippen MR) is 92.7 cm³/mol. The molecule has 0 fully saturated rings. The first kappa shape index (κ1) is 15.8. The van der Waals surface area contributed by atoms with E-state index < -0.39 is 6.10 Å². The molecular weight excluding hydrogens is 286 g/mol. The van der Waals surface area contributed by atoms with Gasteiger partial charge in [-0.15, -0.1) is 0 Å². The number of aliphatic hydroxyl groups is 1. The van der Waals surface area contributed by atoms with Gasteiger partial charge in [0.15, 0.2) is 0 Å². The molecule has 0 saturated heterocycles. The van der Waals surface area contributed by atoms with E-state index in [0.717, 1.165) is 34.4 Å². The Labute approximate surface area is 137 Å². The lowest BCUT2D eigenvalue weighted by Gasteiger charge is -2.17. The van der Waals surface area contributed by atoms with Crippen molar-refractivity contribution in [1.82, 2.24) is 0 Å². The van der Waals surface area contributed by atoms with Gasteiger partial charge in [0.2, 0.25) is 5.91 Å². The number of nitrogens with zero attached hydrogens (tertiary/aromatic N) is 1. The van der Waals surface area contributed by atoms with Gasteiger partial charge in [0.05, 0.1) is 5.92 Å². The fourth-order valence-corrected chi connectivity index (χ4v) is 3.50. The maximum absolute atomic E-state index is 12.5. The van der Waals surface area contributed by atoms with Crippen molar-refractivity contribution in [3.63, 3.8) is 0 Å². The smallest absolute Gasteiger partial charge is 0.234 e. The zero-order valence-corrected chi connectivity index (χ0v) is 13.9. The van der Waals surface area contributed by atoms with E-state index in [4.69, 9.17) is 0 Å². The van der Waals surface area contributed by atoms with Gasteiger partial charge in [-0.3, -0.25) is 4.79 Å². The van der Waals surface area contributed by atoms with Crippen LogP contribution in [-0.2, 0) is 4.79 Å². The molecule has 1 amide bonds. The number of hydrogen-bond acceptors (Lipinski definition) is 2. The van der Waals surface area contributed by atoms with E-state index in [1.54, 1.807) is 0 Å². The number of carbonyl (C=O) groups excluding carboxylic acids is 1. The lowest BCUT2D eigenvalue weighted by atomic mass is 9.92. The average molecular weight is 309 g/mol. The highest BCUT2D eigenvalue weighted by Gasteiger charge is 2.35. The Hall–Kier alpha value is -2.13. The fraction of sp³-hybridized carbons (Fsp3) is 0.350. The molecule has 1 N–H and O–H groups in total. The van der Waals surface area contributed by atoms with E-state index >= 15 is 0 Å². The topological polar surface area (TPSA) is 40.5 Å². The highest BCUT2D eigenvalue weighted by Crippen LogP contribution is 2.41. The molecule has 2 atom stereocenters. The Morgan fingerprint density at radius 2 is 1.91 bits per heavy atom. The molecule has 1 aliphatic heterocycles. The van der Waals surface area contributed by atoms with Gasteiger partial charge in [0.25, 0.3) is 0 Å². The first-order valence-corrected chi connectivity index (χ1v) is 8.27. The van der Waals surface area contributed by atoms with Crippen molar-refractivity contribution in [1.29, 1.82) is 0 Å². The van der Waals surface area contributed by atoms with Crippen LogP contribution in [-0.4, -0.2) is 17.6 Å². The summed E-state index contributed by atoms with van der Waals surface area (Å²) in [5, 5.41) is 10.8. The summed E-state index contributed by atoms with van der Waals surface area (Å²) >= 11 is 0. The number of likely N-dealkylation sites (N-methyl/N-ethyl adjacent to an activating group) is 1. The van der Waals surface area contributed by atoms with E-state index in [2.05, 4.69) is 0 Å². The normalized spacial score (nSPS) is 18.2. The van der Waals surface area contributed by atoms with Crippen LogP contribution in [0.3, 0.4) is 0 Å². The van der Waals surface area contributed by atoms with Gasteiger partial charge in [-0.05, 0) is 54.7 Å². The molecular formula is C20H23NO2. The van der Waals surface area contributed by atoms with Gasteiger partial charge in [-0.1, -0.05) is 37.3 Å². The number of aryl methyl sites for hydroxylation is 1. The van der Waals surface area contributed by atoms with Crippen LogP contribution in [0, 0.1) is 6.92 Å². The summed E-state index contributed by atoms with van der Waals surface area (Å²) < 4.78 is 0. The first-order valence-electron chi connectivity index (χ1n) is 8.27. The molecule has 1 aliphatic rings. The second-order valence-electron chi connectivity index (χ2n) is 6.12. The van der Waals surface area contributed by atoms with Gasteiger partial charge < -0.3 is 10.0 Å². The van der Waals surface area contributed by atoms with Crippen LogP contribution in [0.25, 0.3) is 0 Å². The molecule has 120 valence electrons. The number of fused-ring (bicyclic) bond motifs is 1. The van der Waals surface area contributed by atoms with Gasteiger partial charge in [0, 0.05) is 12.2 Å². The summed E-state index contributed by atoms with van der Waals surface area (Å²) in [7, 11) is 0. The van der Waals surface area contributed by atoms with Crippen molar-refractivity contribution < 1.29 is 9.90 Å². The summed E-state index contributed by atoms with van der Waals surface area (Å²) in [6, 6.07) is 13.8. The molecule has 0 aromatic heterocycles. The van der Waals surface area contributed by atoms with Crippen molar-refractivity contribution >= 4 is 11.6 Å². The minimum atomic E-state index is -0.662. The van der Waals surface area contributed by atoms with Gasteiger partial charge in [-0.25, -0.2) is 0 Å². The van der Waals surface area contributed by atoms with E-state index in [-0.39, 0.29) is 11.8 Å². The minimum Gasteiger partial charge on any atom is -0.384 e. The van der Waals surface area contributed by atoms with Gasteiger partial charge in [0.1, 0.15) is 6.10 Å². The molecule has 3 heteroatoms. The first-order chi connectivity index (χ1) is 11.1. The largest absolute Gasteiger partial charge is 0.384 e. The molecule has 3 nitrogen and oxygen atoms in total. The zero-order valence-electron chi connectivity index (χ0n) is 13.9. The summed E-state index contributed by atoms with van der Waals surface area (Å²) in [4.78, 5) is 14.3. The van der Waals surface area contributed by atoms with E-state index in [9.17, 15) is 9.90 Å². The highest BCUT2D eigenvalue weighted by molar-refractivity contribution is 6.04. The third-order valence-corrected chi connectivity index (χ3v) is 4.81. The van der Waals surface area contributed by atoms with E-state index in [1.807, 2.05) is 68.1 Å². The SMILES string of the molecule is CCC1C(=O)N(CC)c2ccc(C(O)c3ccccc3C)cc21. The maximum atomic E-state index is 12.5. The second kappa shape index (κ2) is 6.17. The third-order valence-electron chi connectivity index (χ3n) is 4.81. The number of aliphatic hydroxyl groups excluding tert-OH is 1. The van der Waals surface area contributed by atoms with Crippen LogP contribution in [0.2, 0.25) is 0 Å². The molecule has 0 bridgehead atoms. The number of amides is 1. The number of carbonyl (C=O) groups is 1. The van der Waals surface area contributed by atoms with Crippen molar-refractivity contribution in [3.8, 4) is 0 Å². The minimum absolute atomic E-state index is 0.0889. The van der Waals surface area contributed by atoms with Crippen LogP contribution < -0.4 is 4.90 Å². The predicted octanol–water partition coefficient (Wildman–Crippen LogP) is 3.94. The van der Waals surface area contributed by atoms with Gasteiger partial charge in [-0.2, -0.15) is 0 Å². The quantitative estimate of drug-likeness (QED) is 0.929. The molecule has 3 rings (SSSR count). The number of anilines is 1. The Morgan fingerprint density at radius 1 is 1.17 bits per heavy atom. The number of hydrogen-bond donors (Lipinski definition) is 1. The van der Waals surface area contributed by atoms with Crippen molar-refractivity contribution in [2.75, 3.05) is 11.4 Å². The monoisotopic (exact) mass is 309 g/mol. The zero-order chi connectivity index (χ0) is 16.6. The maximum Gasteiger partial charge on any atom is 0.234 e. The van der Waals surface area contributed by atoms with Crippen LogP contribution in [0.1, 0.15) is 54.5 Å². The van der Waals surface area contributed by atoms with Crippen LogP contribution in [0.5, 0.6) is 0 Å². The molecule has 0 radical (unpaired) electrons. The third kappa shape index (κ3) is 2.55. The molecule has 0 aliphatic carbocycles. The molecule has 0 saturated carbocycles. The van der Waals surface area contributed by atoms with Crippen molar-refractivity contribution in [2.45, 2.75) is 39.2 Å². The summed E-state index contributed by atoms with van der Waals surface area (Å²) in [5.41, 5.74) is 4.87. The Balaban J connectivity index is 2.03. The average Bonchev–Trinajstić information content (AvgIpc) is 2.84. The summed E-state index contributed by atoms with van der Waals surface area (Å²) in [6.45, 7) is 6.72. The summed E-state index contributed by atoms with van der Waals surface area (Å²) in [5.74, 6) is 0.0847. The highest BCUT2D eigenvalue weighted by atomic mass is 16.3. The molecule has 0 spiro atoms.